The van der Waals surface area contributed by atoms with Gasteiger partial charge < -0.3 is 16.0 Å². The maximum Gasteiger partial charge on any atom is 0.324 e. The van der Waals surface area contributed by atoms with Gasteiger partial charge in [-0.05, 0) is 23.8 Å². The van der Waals surface area contributed by atoms with Crippen molar-refractivity contribution >= 4 is 29.2 Å². The fourth-order valence-electron chi connectivity index (χ4n) is 2.30. The van der Waals surface area contributed by atoms with Gasteiger partial charge in [-0.25, -0.2) is 4.79 Å². The average Bonchev–Trinajstić information content (AvgIpc) is 3.14. The summed E-state index contributed by atoms with van der Waals surface area (Å²) in [4.78, 5) is 29.6. The van der Waals surface area contributed by atoms with Crippen LogP contribution in [0.15, 0.2) is 22.5 Å². The number of amides is 3. The number of nitrogens with one attached hydrogen (secondary N) is 3. The minimum absolute atomic E-state index is 0.0893. The van der Waals surface area contributed by atoms with E-state index in [-0.39, 0.29) is 18.5 Å². The van der Waals surface area contributed by atoms with Crippen LogP contribution in [0.4, 0.5) is 4.79 Å². The van der Waals surface area contributed by atoms with Gasteiger partial charge in [0.05, 0.1) is 6.54 Å². The number of aliphatic imine (C=N–C) groups is 1. The Morgan fingerprint density at radius 2 is 2.30 bits per heavy atom. The van der Waals surface area contributed by atoms with E-state index in [0.717, 1.165) is 13.0 Å². The predicted octanol–water partition coefficient (Wildman–Crippen LogP) is 0.644. The maximum atomic E-state index is 11.5. The molecule has 7 nitrogen and oxygen atoms in total. The molecule has 1 aliphatic rings. The van der Waals surface area contributed by atoms with Gasteiger partial charge in [0.25, 0.3) is 0 Å². The van der Waals surface area contributed by atoms with Gasteiger partial charge in [-0.3, -0.25) is 14.7 Å². The molecule has 126 valence electrons. The number of urea groups is 1. The van der Waals surface area contributed by atoms with Gasteiger partial charge in [-0.2, -0.15) is 0 Å². The highest BCUT2D eigenvalue weighted by molar-refractivity contribution is 7.09. The summed E-state index contributed by atoms with van der Waals surface area (Å²) in [6, 6.07) is 3.88. The SMILES string of the molecule is CN=C(NCCN1C(=O)CNC1=O)NCC(C)Cc1cccs1. The monoisotopic (exact) mass is 337 g/mol. The summed E-state index contributed by atoms with van der Waals surface area (Å²) in [5.41, 5.74) is 0. The molecule has 0 spiro atoms. The summed E-state index contributed by atoms with van der Waals surface area (Å²) >= 11 is 1.77. The number of carbonyl (C=O) groups excluding carboxylic acids is 2. The van der Waals surface area contributed by atoms with E-state index < -0.39 is 0 Å². The summed E-state index contributed by atoms with van der Waals surface area (Å²) < 4.78 is 0. The first-order chi connectivity index (χ1) is 11.1. The van der Waals surface area contributed by atoms with Gasteiger partial charge in [0.2, 0.25) is 5.91 Å². The lowest BCUT2D eigenvalue weighted by molar-refractivity contribution is -0.124. The van der Waals surface area contributed by atoms with Crippen LogP contribution in [0.25, 0.3) is 0 Å². The van der Waals surface area contributed by atoms with Crippen molar-refractivity contribution in [2.45, 2.75) is 13.3 Å². The zero-order chi connectivity index (χ0) is 16.7. The number of thiophene rings is 1. The molecule has 2 rings (SSSR count). The van der Waals surface area contributed by atoms with Crippen molar-refractivity contribution in [3.05, 3.63) is 22.4 Å². The van der Waals surface area contributed by atoms with Crippen LogP contribution in [-0.2, 0) is 11.2 Å². The molecule has 3 amide bonds. The molecule has 0 aromatic carbocycles. The lowest BCUT2D eigenvalue weighted by atomic mass is 10.1. The Morgan fingerprint density at radius 3 is 2.91 bits per heavy atom. The van der Waals surface area contributed by atoms with Gasteiger partial charge in [-0.15, -0.1) is 11.3 Å². The Kier molecular flexibility index (Phi) is 6.40. The second-order valence-electron chi connectivity index (χ2n) is 5.47. The first-order valence-corrected chi connectivity index (χ1v) is 8.53. The number of carbonyl (C=O) groups is 2. The molecule has 1 aromatic rings. The van der Waals surface area contributed by atoms with Crippen LogP contribution in [0.3, 0.4) is 0 Å². The van der Waals surface area contributed by atoms with Crippen molar-refractivity contribution in [2.75, 3.05) is 33.2 Å². The number of rotatable bonds is 7. The summed E-state index contributed by atoms with van der Waals surface area (Å²) in [5.74, 6) is 0.970. The lowest BCUT2D eigenvalue weighted by Crippen LogP contribution is -2.44. The first-order valence-electron chi connectivity index (χ1n) is 7.65. The zero-order valence-corrected chi connectivity index (χ0v) is 14.3. The molecule has 8 heteroatoms. The van der Waals surface area contributed by atoms with Crippen molar-refractivity contribution < 1.29 is 9.59 Å². The molecule has 2 heterocycles. The lowest BCUT2D eigenvalue weighted by Gasteiger charge is -2.17. The highest BCUT2D eigenvalue weighted by Gasteiger charge is 2.27. The standard InChI is InChI=1S/C15H23N5O2S/c1-11(8-12-4-3-7-23-12)9-18-14(16-2)17-5-6-20-13(21)10-19-15(20)22/h3-4,7,11H,5-6,8-10H2,1-2H3,(H,19,22)(H2,16,17,18). The fourth-order valence-corrected chi connectivity index (χ4v) is 3.17. The molecule has 0 radical (unpaired) electrons. The van der Waals surface area contributed by atoms with E-state index >= 15 is 0 Å². The Labute approximate surface area is 140 Å². The van der Waals surface area contributed by atoms with Crippen molar-refractivity contribution in [3.63, 3.8) is 0 Å². The molecule has 23 heavy (non-hydrogen) atoms. The van der Waals surface area contributed by atoms with Crippen molar-refractivity contribution in [1.29, 1.82) is 0 Å². The Hall–Kier alpha value is -2.09. The largest absolute Gasteiger partial charge is 0.356 e. The second-order valence-corrected chi connectivity index (χ2v) is 6.50. The number of guanidine groups is 1. The predicted molar refractivity (Wildman–Crippen MR) is 91.7 cm³/mol. The highest BCUT2D eigenvalue weighted by atomic mass is 32.1. The van der Waals surface area contributed by atoms with E-state index in [4.69, 9.17) is 0 Å². The van der Waals surface area contributed by atoms with Gasteiger partial charge in [-0.1, -0.05) is 13.0 Å². The van der Waals surface area contributed by atoms with E-state index in [1.54, 1.807) is 18.4 Å². The molecule has 0 aliphatic carbocycles. The summed E-state index contributed by atoms with van der Waals surface area (Å²) in [6.45, 7) is 3.88. The minimum atomic E-state index is -0.329. The van der Waals surface area contributed by atoms with Crippen LogP contribution in [0, 0.1) is 5.92 Å². The quantitative estimate of drug-likeness (QED) is 0.387. The Bertz CT molecular complexity index is 542. The normalized spacial score (nSPS) is 16.4. The summed E-state index contributed by atoms with van der Waals surface area (Å²) in [7, 11) is 1.70. The van der Waals surface area contributed by atoms with Gasteiger partial charge in [0.1, 0.15) is 0 Å². The summed E-state index contributed by atoms with van der Waals surface area (Å²) in [5, 5.41) is 11.0. The van der Waals surface area contributed by atoms with E-state index in [0.29, 0.717) is 25.0 Å². The van der Waals surface area contributed by atoms with E-state index in [2.05, 4.69) is 45.4 Å². The molecular weight excluding hydrogens is 314 g/mol. The third kappa shape index (κ3) is 5.24. The van der Waals surface area contributed by atoms with E-state index in [1.807, 2.05) is 0 Å². The smallest absolute Gasteiger partial charge is 0.324 e. The number of hydrogen-bond acceptors (Lipinski definition) is 4. The van der Waals surface area contributed by atoms with E-state index in [9.17, 15) is 9.59 Å². The van der Waals surface area contributed by atoms with Crippen molar-refractivity contribution in [1.82, 2.24) is 20.9 Å². The van der Waals surface area contributed by atoms with Crippen LogP contribution < -0.4 is 16.0 Å². The van der Waals surface area contributed by atoms with Crippen molar-refractivity contribution in [3.8, 4) is 0 Å². The maximum absolute atomic E-state index is 11.5. The molecule has 0 bridgehead atoms. The van der Waals surface area contributed by atoms with E-state index in [1.165, 1.54) is 9.78 Å². The molecule has 1 saturated heterocycles. The van der Waals surface area contributed by atoms with Crippen LogP contribution >= 0.6 is 11.3 Å². The molecule has 1 unspecified atom stereocenters. The Morgan fingerprint density at radius 1 is 1.48 bits per heavy atom. The van der Waals surface area contributed by atoms with Crippen LogP contribution in [0.5, 0.6) is 0 Å². The second kappa shape index (κ2) is 8.52. The zero-order valence-electron chi connectivity index (χ0n) is 13.5. The third-order valence-electron chi connectivity index (χ3n) is 3.54. The number of imide groups is 1. The fraction of sp³-hybridized carbons (Fsp3) is 0.533. The van der Waals surface area contributed by atoms with Crippen LogP contribution in [0.1, 0.15) is 11.8 Å². The number of hydrogen-bond donors (Lipinski definition) is 3. The molecular formula is C15H23N5O2S. The molecule has 1 aromatic heterocycles. The van der Waals surface area contributed by atoms with Gasteiger partial charge >= 0.3 is 6.03 Å². The molecule has 3 N–H and O–H groups in total. The molecule has 1 atom stereocenters. The van der Waals surface area contributed by atoms with Gasteiger partial charge in [0, 0.05) is 31.6 Å². The highest BCUT2D eigenvalue weighted by Crippen LogP contribution is 2.13. The van der Waals surface area contributed by atoms with Crippen LogP contribution in [-0.4, -0.2) is 56.0 Å². The molecule has 1 aliphatic heterocycles. The molecule has 1 fully saturated rings. The topological polar surface area (TPSA) is 85.8 Å². The molecule has 0 saturated carbocycles. The minimum Gasteiger partial charge on any atom is -0.356 e. The van der Waals surface area contributed by atoms with Gasteiger partial charge in [0.15, 0.2) is 5.96 Å². The Balaban J connectivity index is 1.67. The van der Waals surface area contributed by atoms with Crippen molar-refractivity contribution in [2.24, 2.45) is 10.9 Å². The summed E-state index contributed by atoms with van der Waals surface area (Å²) in [6.07, 6.45) is 1.03. The van der Waals surface area contributed by atoms with Crippen LogP contribution in [0.2, 0.25) is 0 Å². The third-order valence-corrected chi connectivity index (χ3v) is 4.43. The average molecular weight is 337 g/mol. The number of nitrogens with zero attached hydrogens (tertiary/aromatic N) is 2. The first kappa shape index (κ1) is 17.3.